The van der Waals surface area contributed by atoms with E-state index in [1.54, 1.807) is 0 Å². The van der Waals surface area contributed by atoms with Gasteiger partial charge in [0.25, 0.3) is 0 Å². The number of nitriles is 1. The highest BCUT2D eigenvalue weighted by molar-refractivity contribution is 7.87. The third kappa shape index (κ3) is 2.02. The maximum atomic E-state index is 11.1. The molecule has 0 fully saturated rings. The predicted molar refractivity (Wildman–Crippen MR) is 51.5 cm³/mol. The molecule has 0 aliphatic heterocycles. The van der Waals surface area contributed by atoms with Gasteiger partial charge >= 0.3 is 0 Å². The van der Waals surface area contributed by atoms with E-state index in [9.17, 15) is 8.42 Å². The van der Waals surface area contributed by atoms with Gasteiger partial charge in [-0.3, -0.25) is 8.42 Å². The normalized spacial score (nSPS) is 14.8. The Morgan fingerprint density at radius 3 is 2.38 bits per heavy atom. The van der Waals surface area contributed by atoms with Gasteiger partial charge < -0.3 is 0 Å². The molecule has 70 valence electrons. The van der Waals surface area contributed by atoms with Crippen molar-refractivity contribution in [2.24, 2.45) is 0 Å². The zero-order chi connectivity index (χ0) is 10.0. The van der Waals surface area contributed by atoms with E-state index in [1.165, 1.54) is 12.5 Å². The first-order valence-corrected chi connectivity index (χ1v) is 7.03. The van der Waals surface area contributed by atoms with Gasteiger partial charge in [-0.15, -0.1) is 0 Å². The molecule has 0 saturated heterocycles. The Hall–Kier alpha value is -0.580. The van der Waals surface area contributed by atoms with E-state index in [0.29, 0.717) is 4.21 Å². The average Bonchev–Trinajstić information content (AvgIpc) is 2.46. The van der Waals surface area contributed by atoms with Gasteiger partial charge in [-0.25, -0.2) is 0 Å². The van der Waals surface area contributed by atoms with Gasteiger partial charge in [0.2, 0.25) is 0 Å². The van der Waals surface area contributed by atoms with Crippen LogP contribution >= 0.6 is 11.5 Å². The smallest absolute Gasteiger partial charge is 0.159 e. The van der Waals surface area contributed by atoms with Crippen LogP contribution in [-0.4, -0.2) is 25.3 Å². The molecule has 0 radical (unpaired) electrons. The zero-order valence-electron chi connectivity index (χ0n) is 6.94. The summed E-state index contributed by atoms with van der Waals surface area (Å²) in [6.45, 7) is 0. The number of hydrogen-bond acceptors (Lipinski definition) is 5. The summed E-state index contributed by atoms with van der Waals surface area (Å²) in [7, 11) is -2.53. The van der Waals surface area contributed by atoms with Crippen LogP contribution in [0.5, 0.6) is 0 Å². The van der Waals surface area contributed by atoms with Crippen molar-refractivity contribution in [2.75, 3.05) is 12.5 Å². The van der Waals surface area contributed by atoms with Crippen LogP contribution < -0.4 is 0 Å². The van der Waals surface area contributed by atoms with Crippen molar-refractivity contribution in [1.29, 1.82) is 5.26 Å². The molecule has 13 heavy (non-hydrogen) atoms. The maximum Gasteiger partial charge on any atom is 0.159 e. The molecule has 0 aromatic carbocycles. The standard InChI is InChI=1S/C6H6N2O2S3/c1-12(9)5-4(3-7)6(11-8-5)13(2)10/h1-2H3/t12-,13+/m1/s1. The Morgan fingerprint density at radius 1 is 1.38 bits per heavy atom. The number of aromatic nitrogens is 1. The zero-order valence-corrected chi connectivity index (χ0v) is 9.39. The fraction of sp³-hybridized carbons (Fsp3) is 0.333. The second-order valence-corrected chi connectivity index (χ2v) is 5.81. The first-order chi connectivity index (χ1) is 6.07. The van der Waals surface area contributed by atoms with Crippen LogP contribution in [0, 0.1) is 11.3 Å². The molecule has 7 heteroatoms. The number of nitrogens with zero attached hydrogens (tertiary/aromatic N) is 2. The molecule has 0 amide bonds. The number of hydrogen-bond donors (Lipinski definition) is 0. The van der Waals surface area contributed by atoms with Crippen molar-refractivity contribution in [3.05, 3.63) is 5.56 Å². The van der Waals surface area contributed by atoms with Gasteiger partial charge in [0.05, 0.1) is 21.6 Å². The SMILES string of the molecule is C[S@](=O)c1snc([S@@](C)=O)c1C#N. The third-order valence-electron chi connectivity index (χ3n) is 1.27. The monoisotopic (exact) mass is 234 g/mol. The predicted octanol–water partition coefficient (Wildman–Crippen LogP) is 0.490. The molecule has 0 unspecified atom stereocenters. The molecule has 0 saturated carbocycles. The highest BCUT2D eigenvalue weighted by atomic mass is 32.2. The van der Waals surface area contributed by atoms with Crippen LogP contribution in [0.3, 0.4) is 0 Å². The van der Waals surface area contributed by atoms with Gasteiger partial charge in [0.15, 0.2) is 5.03 Å². The average molecular weight is 234 g/mol. The quantitative estimate of drug-likeness (QED) is 0.746. The van der Waals surface area contributed by atoms with E-state index in [-0.39, 0.29) is 10.6 Å². The molecule has 0 bridgehead atoms. The van der Waals surface area contributed by atoms with Gasteiger partial charge in [0, 0.05) is 12.5 Å². The summed E-state index contributed by atoms with van der Waals surface area (Å²) in [5, 5.41) is 8.97. The fourth-order valence-corrected chi connectivity index (χ4v) is 3.30. The fourth-order valence-electron chi connectivity index (χ4n) is 0.747. The largest absolute Gasteiger partial charge is 0.254 e. The van der Waals surface area contributed by atoms with Crippen LogP contribution in [0.4, 0.5) is 0 Å². The maximum absolute atomic E-state index is 11.1. The van der Waals surface area contributed by atoms with Crippen molar-refractivity contribution in [3.8, 4) is 6.07 Å². The summed E-state index contributed by atoms with van der Waals surface area (Å²) in [5.41, 5.74) is 0.201. The molecule has 4 nitrogen and oxygen atoms in total. The lowest BCUT2D eigenvalue weighted by Crippen LogP contribution is -1.93. The molecule has 1 rings (SSSR count). The van der Waals surface area contributed by atoms with Gasteiger partial charge in [-0.05, 0) is 11.5 Å². The van der Waals surface area contributed by atoms with Crippen LogP contribution in [0.15, 0.2) is 9.24 Å². The van der Waals surface area contributed by atoms with Crippen LogP contribution in [0.25, 0.3) is 0 Å². The molecule has 1 heterocycles. The lowest BCUT2D eigenvalue weighted by Gasteiger charge is -1.90. The summed E-state index contributed by atoms with van der Waals surface area (Å²) in [5.74, 6) is 0. The van der Waals surface area contributed by atoms with Crippen molar-refractivity contribution >= 4 is 33.1 Å². The van der Waals surface area contributed by atoms with Gasteiger partial charge in [0.1, 0.15) is 15.8 Å². The molecule has 2 atom stereocenters. The van der Waals surface area contributed by atoms with Crippen molar-refractivity contribution in [2.45, 2.75) is 9.24 Å². The minimum atomic E-state index is -1.29. The summed E-state index contributed by atoms with van der Waals surface area (Å²) < 4.78 is 26.4. The lowest BCUT2D eigenvalue weighted by atomic mass is 10.4. The Morgan fingerprint density at radius 2 is 2.00 bits per heavy atom. The van der Waals surface area contributed by atoms with E-state index >= 15 is 0 Å². The van der Waals surface area contributed by atoms with Gasteiger partial charge in [-0.1, -0.05) is 0 Å². The van der Waals surface area contributed by atoms with Crippen molar-refractivity contribution in [1.82, 2.24) is 4.37 Å². The van der Waals surface area contributed by atoms with E-state index in [1.807, 2.05) is 6.07 Å². The summed E-state index contributed by atoms with van der Waals surface area (Å²) in [4.78, 5) is 0. The first-order valence-electron chi connectivity index (χ1n) is 3.14. The minimum absolute atomic E-state index is 0.201. The van der Waals surface area contributed by atoms with Crippen molar-refractivity contribution in [3.63, 3.8) is 0 Å². The molecule has 0 aliphatic carbocycles. The summed E-state index contributed by atoms with van der Waals surface area (Å²) in [6, 6.07) is 1.87. The topological polar surface area (TPSA) is 70.8 Å². The third-order valence-corrected chi connectivity index (χ3v) is 4.53. The van der Waals surface area contributed by atoms with E-state index in [0.717, 1.165) is 11.5 Å². The minimum Gasteiger partial charge on any atom is -0.254 e. The molecule has 1 aromatic rings. The first kappa shape index (κ1) is 10.5. The van der Waals surface area contributed by atoms with E-state index in [4.69, 9.17) is 5.26 Å². The van der Waals surface area contributed by atoms with Crippen LogP contribution in [0.2, 0.25) is 0 Å². The Bertz CT molecular complexity index is 387. The van der Waals surface area contributed by atoms with Gasteiger partial charge in [-0.2, -0.15) is 9.64 Å². The Labute approximate surface area is 84.7 Å². The molecule has 0 aliphatic rings. The molecule has 0 N–H and O–H groups in total. The van der Waals surface area contributed by atoms with Crippen LogP contribution in [0.1, 0.15) is 5.56 Å². The highest BCUT2D eigenvalue weighted by Gasteiger charge is 2.18. The van der Waals surface area contributed by atoms with Crippen LogP contribution in [-0.2, 0) is 21.6 Å². The molecular weight excluding hydrogens is 228 g/mol. The molecule has 1 aromatic heterocycles. The lowest BCUT2D eigenvalue weighted by molar-refractivity contribution is 0.684. The number of rotatable bonds is 2. The second kappa shape index (κ2) is 4.09. The van der Waals surface area contributed by atoms with E-state index < -0.39 is 21.6 Å². The van der Waals surface area contributed by atoms with Crippen molar-refractivity contribution < 1.29 is 8.42 Å². The second-order valence-electron chi connectivity index (χ2n) is 2.17. The highest BCUT2D eigenvalue weighted by Crippen LogP contribution is 2.22. The summed E-state index contributed by atoms with van der Waals surface area (Å²) >= 11 is 0.971. The van der Waals surface area contributed by atoms with E-state index in [2.05, 4.69) is 4.37 Å². The molecule has 0 spiro atoms. The summed E-state index contributed by atoms with van der Waals surface area (Å²) in [6.07, 6.45) is 2.91. The Kier molecular flexibility index (Phi) is 3.30. The Balaban J connectivity index is 3.37. The molecular formula is C6H6N2O2S3.